The van der Waals surface area contributed by atoms with Gasteiger partial charge in [-0.15, -0.1) is 0 Å². The van der Waals surface area contributed by atoms with Gasteiger partial charge >= 0.3 is 5.97 Å². The van der Waals surface area contributed by atoms with Crippen LogP contribution < -0.4 is 5.56 Å². The number of H-pyrrole nitrogens is 1. The van der Waals surface area contributed by atoms with Crippen molar-refractivity contribution in [2.75, 3.05) is 0 Å². The molecule has 0 fully saturated rings. The van der Waals surface area contributed by atoms with E-state index in [1.807, 2.05) is 13.8 Å². The topological polar surface area (TPSA) is 87.5 Å². The van der Waals surface area contributed by atoms with E-state index in [0.29, 0.717) is 16.5 Å². The minimum Gasteiger partial charge on any atom is -0.481 e. The molecule has 6 nitrogen and oxygen atoms in total. The minimum atomic E-state index is -0.851. The van der Waals surface area contributed by atoms with Crippen LogP contribution in [-0.2, 0) is 11.2 Å². The van der Waals surface area contributed by atoms with Gasteiger partial charge in [0.2, 0.25) is 0 Å². The average Bonchev–Trinajstić information content (AvgIpc) is 2.56. The largest absolute Gasteiger partial charge is 0.481 e. The summed E-state index contributed by atoms with van der Waals surface area (Å²) < 4.78 is 1.97. The van der Waals surface area contributed by atoms with E-state index in [-0.39, 0.29) is 12.0 Å². The summed E-state index contributed by atoms with van der Waals surface area (Å²) in [5, 5.41) is 11.4. The molecule has 0 aliphatic carbocycles. The number of hydrogen-bond acceptors (Lipinski definition) is 3. The zero-order valence-corrected chi connectivity index (χ0v) is 11.5. The van der Waals surface area contributed by atoms with Gasteiger partial charge in [0.15, 0.2) is 5.65 Å². The molecular formula is C11H12BrN3O3. The van der Waals surface area contributed by atoms with Crippen molar-refractivity contribution < 1.29 is 9.90 Å². The molecule has 0 atom stereocenters. The Morgan fingerprint density at radius 3 is 2.78 bits per heavy atom. The van der Waals surface area contributed by atoms with Crippen molar-refractivity contribution in [3.63, 3.8) is 0 Å². The van der Waals surface area contributed by atoms with E-state index in [9.17, 15) is 9.59 Å². The Morgan fingerprint density at radius 2 is 2.17 bits per heavy atom. The molecule has 2 rings (SSSR count). The number of carboxylic acids is 1. The Morgan fingerprint density at radius 1 is 1.50 bits per heavy atom. The summed E-state index contributed by atoms with van der Waals surface area (Å²) in [5.74, 6) is -0.851. The highest BCUT2D eigenvalue weighted by Crippen LogP contribution is 2.19. The molecule has 18 heavy (non-hydrogen) atoms. The molecule has 2 aromatic rings. The molecule has 7 heteroatoms. The van der Waals surface area contributed by atoms with E-state index in [1.54, 1.807) is 4.52 Å². The number of carbonyl (C=O) groups is 1. The van der Waals surface area contributed by atoms with Crippen molar-refractivity contribution >= 4 is 27.5 Å². The van der Waals surface area contributed by atoms with Gasteiger partial charge in [0, 0.05) is 17.8 Å². The monoisotopic (exact) mass is 313 g/mol. The summed E-state index contributed by atoms with van der Waals surface area (Å²) in [6.07, 6.45) is 0.440. The summed E-state index contributed by atoms with van der Waals surface area (Å²) in [6, 6.07) is 0. The number of halogens is 1. The number of rotatable bonds is 3. The SMILES string of the molecule is Cc1nc2c(Br)c(=O)[nH]n2c(C)c1CCC(=O)O. The molecular weight excluding hydrogens is 302 g/mol. The van der Waals surface area contributed by atoms with Crippen LogP contribution in [0.4, 0.5) is 0 Å². The Balaban J connectivity index is 2.61. The third-order valence-corrected chi connectivity index (χ3v) is 3.61. The maximum atomic E-state index is 11.5. The van der Waals surface area contributed by atoms with E-state index in [1.165, 1.54) is 0 Å². The van der Waals surface area contributed by atoms with Crippen LogP contribution in [0.5, 0.6) is 0 Å². The number of fused-ring (bicyclic) bond motifs is 1. The van der Waals surface area contributed by atoms with Gasteiger partial charge in [0.05, 0.1) is 0 Å². The molecule has 0 aromatic carbocycles. The summed E-state index contributed by atoms with van der Waals surface area (Å²) in [7, 11) is 0. The zero-order valence-electron chi connectivity index (χ0n) is 9.95. The molecule has 0 saturated heterocycles. The summed E-state index contributed by atoms with van der Waals surface area (Å²) in [4.78, 5) is 26.5. The molecule has 96 valence electrons. The zero-order chi connectivity index (χ0) is 13.4. The first kappa shape index (κ1) is 12.8. The number of aliphatic carboxylic acids is 1. The molecule has 0 radical (unpaired) electrons. The van der Waals surface area contributed by atoms with Crippen LogP contribution >= 0.6 is 15.9 Å². The highest BCUT2D eigenvalue weighted by molar-refractivity contribution is 9.10. The van der Waals surface area contributed by atoms with Gasteiger partial charge in [-0.05, 0) is 41.8 Å². The fourth-order valence-corrected chi connectivity index (χ4v) is 2.32. The van der Waals surface area contributed by atoms with Crippen LogP contribution in [0.3, 0.4) is 0 Å². The third kappa shape index (κ3) is 2.05. The van der Waals surface area contributed by atoms with Crippen LogP contribution in [0.15, 0.2) is 9.27 Å². The smallest absolute Gasteiger partial charge is 0.303 e. The molecule has 0 aliphatic rings. The van der Waals surface area contributed by atoms with Crippen molar-refractivity contribution in [3.05, 3.63) is 31.8 Å². The quantitative estimate of drug-likeness (QED) is 0.897. The van der Waals surface area contributed by atoms with Gasteiger partial charge < -0.3 is 5.11 Å². The number of aromatic nitrogens is 3. The lowest BCUT2D eigenvalue weighted by molar-refractivity contribution is -0.136. The second kappa shape index (κ2) is 4.56. The predicted molar refractivity (Wildman–Crippen MR) is 68.9 cm³/mol. The van der Waals surface area contributed by atoms with Crippen LogP contribution in [0.1, 0.15) is 23.4 Å². The molecule has 0 spiro atoms. The average molecular weight is 314 g/mol. The summed E-state index contributed by atoms with van der Waals surface area (Å²) in [5.41, 5.74) is 2.67. The normalized spacial score (nSPS) is 11.1. The van der Waals surface area contributed by atoms with Crippen molar-refractivity contribution in [3.8, 4) is 0 Å². The first-order chi connectivity index (χ1) is 8.41. The highest BCUT2D eigenvalue weighted by Gasteiger charge is 2.15. The lowest BCUT2D eigenvalue weighted by Crippen LogP contribution is -2.08. The molecule has 2 aromatic heterocycles. The van der Waals surface area contributed by atoms with Gasteiger partial charge in [-0.3, -0.25) is 14.7 Å². The van der Waals surface area contributed by atoms with Crippen molar-refractivity contribution in [1.29, 1.82) is 0 Å². The van der Waals surface area contributed by atoms with E-state index in [2.05, 4.69) is 26.0 Å². The number of hydrogen-bond donors (Lipinski definition) is 2. The van der Waals surface area contributed by atoms with E-state index >= 15 is 0 Å². The predicted octanol–water partition coefficient (Wildman–Crippen LogP) is 1.42. The van der Waals surface area contributed by atoms with E-state index < -0.39 is 5.97 Å². The van der Waals surface area contributed by atoms with E-state index in [4.69, 9.17) is 5.11 Å². The highest BCUT2D eigenvalue weighted by atomic mass is 79.9. The number of aryl methyl sites for hydroxylation is 2. The summed E-state index contributed by atoms with van der Waals surface area (Å²) >= 11 is 3.18. The van der Waals surface area contributed by atoms with Gasteiger partial charge in [0.1, 0.15) is 4.47 Å². The maximum Gasteiger partial charge on any atom is 0.303 e. The number of nitrogens with zero attached hydrogens (tertiary/aromatic N) is 2. The Bertz CT molecular complexity index is 687. The van der Waals surface area contributed by atoms with Crippen LogP contribution in [0.25, 0.3) is 5.65 Å². The summed E-state index contributed by atoms with van der Waals surface area (Å²) in [6.45, 7) is 3.65. The first-order valence-electron chi connectivity index (χ1n) is 5.40. The molecule has 0 amide bonds. The van der Waals surface area contributed by atoms with Gasteiger partial charge in [0.25, 0.3) is 5.56 Å². The lowest BCUT2D eigenvalue weighted by Gasteiger charge is -2.10. The molecule has 0 saturated carbocycles. The second-order valence-electron chi connectivity index (χ2n) is 4.07. The molecule has 0 aliphatic heterocycles. The number of carboxylic acid groups (broad SMARTS) is 1. The minimum absolute atomic E-state index is 0.0432. The van der Waals surface area contributed by atoms with Crippen LogP contribution in [0.2, 0.25) is 0 Å². The van der Waals surface area contributed by atoms with Crippen molar-refractivity contribution in [2.24, 2.45) is 0 Å². The standard InChI is InChI=1S/C11H12BrN3O3/c1-5-7(3-4-8(16)17)6(2)15-10(13-5)9(12)11(18)14-15/h3-4H2,1-2H3,(H,14,18)(H,16,17). The van der Waals surface area contributed by atoms with Gasteiger partial charge in [-0.25, -0.2) is 9.50 Å². The van der Waals surface area contributed by atoms with Crippen LogP contribution in [-0.4, -0.2) is 25.7 Å². The molecule has 2 heterocycles. The number of nitrogens with one attached hydrogen (secondary N) is 1. The first-order valence-corrected chi connectivity index (χ1v) is 6.19. The fourth-order valence-electron chi connectivity index (χ4n) is 1.96. The number of aromatic amines is 1. The second-order valence-corrected chi connectivity index (χ2v) is 4.86. The van der Waals surface area contributed by atoms with Crippen LogP contribution in [0, 0.1) is 13.8 Å². The third-order valence-electron chi connectivity index (χ3n) is 2.89. The molecule has 0 bridgehead atoms. The Kier molecular flexibility index (Phi) is 3.25. The molecule has 2 N–H and O–H groups in total. The fraction of sp³-hybridized carbons (Fsp3) is 0.364. The van der Waals surface area contributed by atoms with E-state index in [0.717, 1.165) is 17.0 Å². The van der Waals surface area contributed by atoms with Gasteiger partial charge in [-0.2, -0.15) is 0 Å². The Hall–Kier alpha value is -1.63. The van der Waals surface area contributed by atoms with Gasteiger partial charge in [-0.1, -0.05) is 0 Å². The Labute approximate surface area is 111 Å². The van der Waals surface area contributed by atoms with Crippen molar-refractivity contribution in [2.45, 2.75) is 26.7 Å². The molecule has 0 unspecified atom stereocenters. The van der Waals surface area contributed by atoms with Crippen molar-refractivity contribution in [1.82, 2.24) is 14.6 Å². The maximum absolute atomic E-state index is 11.5. The lowest BCUT2D eigenvalue weighted by atomic mass is 10.1.